The molecule has 0 aromatic heterocycles. The minimum absolute atomic E-state index is 0.0562. The third-order valence-electron chi connectivity index (χ3n) is 6.44. The fourth-order valence-electron chi connectivity index (χ4n) is 4.76. The maximum absolute atomic E-state index is 12.8. The van der Waals surface area contributed by atoms with Crippen molar-refractivity contribution < 1.29 is 14.3 Å². The van der Waals surface area contributed by atoms with Crippen LogP contribution in [0.15, 0.2) is 30.3 Å². The number of ether oxygens (including phenoxy) is 1. The molecule has 0 unspecified atom stereocenters. The molecule has 0 saturated carbocycles. The molecule has 3 aliphatic heterocycles. The van der Waals surface area contributed by atoms with Gasteiger partial charge in [-0.3, -0.25) is 9.59 Å². The molecule has 26 heavy (non-hydrogen) atoms. The van der Waals surface area contributed by atoms with E-state index in [0.717, 1.165) is 45.2 Å². The highest BCUT2D eigenvalue weighted by atomic mass is 16.5. The monoisotopic (exact) mass is 356 g/mol. The molecular formula is C21H28N2O3. The van der Waals surface area contributed by atoms with Gasteiger partial charge in [-0.15, -0.1) is 0 Å². The van der Waals surface area contributed by atoms with E-state index in [1.54, 1.807) is 0 Å². The normalized spacial score (nSPS) is 23.6. The van der Waals surface area contributed by atoms with Crippen LogP contribution >= 0.6 is 0 Å². The van der Waals surface area contributed by atoms with Crippen LogP contribution < -0.4 is 0 Å². The maximum Gasteiger partial charge on any atom is 0.225 e. The van der Waals surface area contributed by atoms with Crippen LogP contribution in [0.3, 0.4) is 0 Å². The van der Waals surface area contributed by atoms with E-state index in [4.69, 9.17) is 4.74 Å². The summed E-state index contributed by atoms with van der Waals surface area (Å²) in [5.41, 5.74) is 1.13. The summed E-state index contributed by atoms with van der Waals surface area (Å²) in [5, 5.41) is 0. The van der Waals surface area contributed by atoms with E-state index >= 15 is 0 Å². The van der Waals surface area contributed by atoms with E-state index in [1.807, 2.05) is 23.1 Å². The third-order valence-corrected chi connectivity index (χ3v) is 6.44. The first-order valence-electron chi connectivity index (χ1n) is 9.89. The van der Waals surface area contributed by atoms with Gasteiger partial charge < -0.3 is 14.5 Å². The predicted molar refractivity (Wildman–Crippen MR) is 98.3 cm³/mol. The molecule has 5 nitrogen and oxygen atoms in total. The molecule has 0 radical (unpaired) electrons. The molecule has 1 aromatic carbocycles. The number of carbonyl (C=O) groups excluding carboxylic acids is 2. The molecule has 140 valence electrons. The molecule has 2 amide bonds. The summed E-state index contributed by atoms with van der Waals surface area (Å²) >= 11 is 0. The Kier molecular flexibility index (Phi) is 4.98. The van der Waals surface area contributed by atoms with Gasteiger partial charge in [0.2, 0.25) is 11.8 Å². The lowest BCUT2D eigenvalue weighted by molar-refractivity contribution is -0.142. The summed E-state index contributed by atoms with van der Waals surface area (Å²) in [5.74, 6) is 0.684. The Balaban J connectivity index is 1.41. The predicted octanol–water partition coefficient (Wildman–Crippen LogP) is 2.60. The van der Waals surface area contributed by atoms with Crippen LogP contribution in [0, 0.1) is 5.92 Å². The Morgan fingerprint density at radius 2 is 1.77 bits per heavy atom. The van der Waals surface area contributed by atoms with Gasteiger partial charge in [-0.1, -0.05) is 30.3 Å². The van der Waals surface area contributed by atoms with Crippen molar-refractivity contribution in [1.29, 1.82) is 0 Å². The Morgan fingerprint density at radius 1 is 1.08 bits per heavy atom. The third kappa shape index (κ3) is 3.37. The summed E-state index contributed by atoms with van der Waals surface area (Å²) in [4.78, 5) is 29.5. The standard InChI is InChI=1S/C21H28N2O3/c24-19-6-9-21(23(19)16-17-4-2-1-3-5-17)10-12-22(13-11-21)20(25)18-7-14-26-15-8-18/h1-5,18H,6-16H2. The molecule has 3 saturated heterocycles. The smallest absolute Gasteiger partial charge is 0.225 e. The van der Waals surface area contributed by atoms with E-state index in [2.05, 4.69) is 17.0 Å². The Labute approximate surface area is 155 Å². The molecule has 0 N–H and O–H groups in total. The molecule has 3 fully saturated rings. The highest BCUT2D eigenvalue weighted by Gasteiger charge is 2.47. The first kappa shape index (κ1) is 17.5. The molecule has 5 heteroatoms. The first-order chi connectivity index (χ1) is 12.7. The number of carbonyl (C=O) groups is 2. The lowest BCUT2D eigenvalue weighted by atomic mass is 9.84. The van der Waals surface area contributed by atoms with Crippen molar-refractivity contribution in [3.63, 3.8) is 0 Å². The topological polar surface area (TPSA) is 49.9 Å². The molecule has 3 heterocycles. The van der Waals surface area contributed by atoms with Crippen molar-refractivity contribution in [2.45, 2.75) is 50.6 Å². The number of rotatable bonds is 3. The van der Waals surface area contributed by atoms with Crippen LogP contribution in [-0.4, -0.2) is 53.5 Å². The lowest BCUT2D eigenvalue weighted by Gasteiger charge is -2.45. The van der Waals surface area contributed by atoms with E-state index in [1.165, 1.54) is 5.56 Å². The number of benzene rings is 1. The Hall–Kier alpha value is -1.88. The summed E-state index contributed by atoms with van der Waals surface area (Å²) in [7, 11) is 0. The van der Waals surface area contributed by atoms with Gasteiger partial charge in [0, 0.05) is 50.7 Å². The zero-order valence-corrected chi connectivity index (χ0v) is 15.4. The zero-order valence-electron chi connectivity index (χ0n) is 15.4. The lowest BCUT2D eigenvalue weighted by Crippen LogP contribution is -2.54. The van der Waals surface area contributed by atoms with Crippen LogP contribution in [0.2, 0.25) is 0 Å². The zero-order chi connectivity index (χ0) is 18.0. The van der Waals surface area contributed by atoms with Crippen LogP contribution in [-0.2, 0) is 20.9 Å². The average Bonchev–Trinajstić information content (AvgIpc) is 2.99. The van der Waals surface area contributed by atoms with Crippen LogP contribution in [0.5, 0.6) is 0 Å². The van der Waals surface area contributed by atoms with Crippen molar-refractivity contribution in [1.82, 2.24) is 9.80 Å². The van der Waals surface area contributed by atoms with Gasteiger partial charge in [0.25, 0.3) is 0 Å². The van der Waals surface area contributed by atoms with Gasteiger partial charge in [0.05, 0.1) is 0 Å². The number of piperidine rings is 1. The van der Waals surface area contributed by atoms with Crippen LogP contribution in [0.4, 0.5) is 0 Å². The maximum atomic E-state index is 12.8. The number of hydrogen-bond acceptors (Lipinski definition) is 3. The van der Waals surface area contributed by atoms with E-state index in [-0.39, 0.29) is 17.4 Å². The summed E-state index contributed by atoms with van der Waals surface area (Å²) in [6.45, 7) is 3.64. The molecular weight excluding hydrogens is 328 g/mol. The van der Waals surface area contributed by atoms with Gasteiger partial charge in [0.1, 0.15) is 0 Å². The summed E-state index contributed by atoms with van der Waals surface area (Å²) < 4.78 is 5.38. The molecule has 3 aliphatic rings. The van der Waals surface area contributed by atoms with Crippen molar-refractivity contribution >= 4 is 11.8 Å². The highest BCUT2D eigenvalue weighted by molar-refractivity contribution is 5.81. The fraction of sp³-hybridized carbons (Fsp3) is 0.619. The van der Waals surface area contributed by atoms with E-state index < -0.39 is 0 Å². The number of amides is 2. The van der Waals surface area contributed by atoms with Crippen molar-refractivity contribution in [3.8, 4) is 0 Å². The molecule has 1 spiro atoms. The van der Waals surface area contributed by atoms with Gasteiger partial charge in [-0.05, 0) is 37.7 Å². The SMILES string of the molecule is O=C(C1CCOCC1)N1CCC2(CCC(=O)N2Cc2ccccc2)CC1. The van der Waals surface area contributed by atoms with Crippen molar-refractivity contribution in [2.75, 3.05) is 26.3 Å². The molecule has 1 aromatic rings. The van der Waals surface area contributed by atoms with E-state index in [9.17, 15) is 9.59 Å². The molecule has 0 aliphatic carbocycles. The summed E-state index contributed by atoms with van der Waals surface area (Å²) in [6.07, 6.45) is 5.07. The van der Waals surface area contributed by atoms with Crippen LogP contribution in [0.25, 0.3) is 0 Å². The van der Waals surface area contributed by atoms with Gasteiger partial charge in [-0.2, -0.15) is 0 Å². The quantitative estimate of drug-likeness (QED) is 0.836. The van der Waals surface area contributed by atoms with Crippen molar-refractivity contribution in [2.24, 2.45) is 5.92 Å². The largest absolute Gasteiger partial charge is 0.381 e. The second-order valence-corrected chi connectivity index (χ2v) is 7.90. The number of likely N-dealkylation sites (tertiary alicyclic amines) is 2. The number of hydrogen-bond donors (Lipinski definition) is 0. The molecule has 0 atom stereocenters. The minimum atomic E-state index is -0.0562. The van der Waals surface area contributed by atoms with Gasteiger partial charge >= 0.3 is 0 Å². The van der Waals surface area contributed by atoms with E-state index in [0.29, 0.717) is 32.1 Å². The highest BCUT2D eigenvalue weighted by Crippen LogP contribution is 2.40. The van der Waals surface area contributed by atoms with Crippen molar-refractivity contribution in [3.05, 3.63) is 35.9 Å². The Morgan fingerprint density at radius 3 is 2.46 bits per heavy atom. The van der Waals surface area contributed by atoms with Gasteiger partial charge in [0.15, 0.2) is 0 Å². The minimum Gasteiger partial charge on any atom is -0.381 e. The van der Waals surface area contributed by atoms with Gasteiger partial charge in [-0.25, -0.2) is 0 Å². The molecule has 0 bridgehead atoms. The summed E-state index contributed by atoms with van der Waals surface area (Å²) in [6, 6.07) is 10.2. The Bertz CT molecular complexity index is 646. The second-order valence-electron chi connectivity index (χ2n) is 7.90. The average molecular weight is 356 g/mol. The second kappa shape index (κ2) is 7.39. The first-order valence-corrected chi connectivity index (χ1v) is 9.89. The molecule has 4 rings (SSSR count). The fourth-order valence-corrected chi connectivity index (χ4v) is 4.76. The van der Waals surface area contributed by atoms with Crippen LogP contribution in [0.1, 0.15) is 44.1 Å². The number of nitrogens with zero attached hydrogens (tertiary/aromatic N) is 2.